The second-order valence-corrected chi connectivity index (χ2v) is 12.1. The molecule has 5 aliphatic heterocycles. The average molecular weight is 591 g/mol. The maximum atomic E-state index is 13.0. The maximum Gasteiger partial charge on any atom is 0.305 e. The van der Waals surface area contributed by atoms with Gasteiger partial charge < -0.3 is 15.2 Å². The Labute approximate surface area is 258 Å². The van der Waals surface area contributed by atoms with Gasteiger partial charge in [0.1, 0.15) is 5.76 Å². The van der Waals surface area contributed by atoms with E-state index in [0.717, 1.165) is 79.6 Å². The van der Waals surface area contributed by atoms with Gasteiger partial charge in [0.2, 0.25) is 0 Å². The number of Topliss-reactive ketones (excluding diaryl/α,β-unsaturated/α-hetero) is 1. The molecule has 0 amide bonds. The quantitative estimate of drug-likeness (QED) is 0.332. The molecule has 6 aliphatic rings. The predicted molar refractivity (Wildman–Crippen MR) is 173 cm³/mol. The van der Waals surface area contributed by atoms with E-state index in [4.69, 9.17) is 19.7 Å². The lowest BCUT2D eigenvalue weighted by Gasteiger charge is -2.17. The van der Waals surface area contributed by atoms with Crippen molar-refractivity contribution in [3.63, 3.8) is 0 Å². The van der Waals surface area contributed by atoms with Gasteiger partial charge in [0.25, 0.3) is 0 Å². The van der Waals surface area contributed by atoms with Crippen molar-refractivity contribution in [2.75, 3.05) is 7.11 Å². The van der Waals surface area contributed by atoms with E-state index >= 15 is 0 Å². The van der Waals surface area contributed by atoms with E-state index < -0.39 is 0 Å². The third kappa shape index (κ3) is 4.38. The van der Waals surface area contributed by atoms with E-state index in [1.165, 1.54) is 7.11 Å². The molecule has 1 saturated heterocycles. The zero-order chi connectivity index (χ0) is 31.6. The number of hydrogen-bond acceptors (Lipinski definition) is 8. The molecule has 2 atom stereocenters. The molecule has 44 heavy (non-hydrogen) atoms. The number of aliphatic hydroxyl groups excluding tert-OH is 1. The molecule has 1 aliphatic carbocycles. The number of carbonyl (C=O) groups is 2. The van der Waals surface area contributed by atoms with E-state index in [-0.39, 0.29) is 35.8 Å². The molecule has 0 aromatic rings. The number of carbonyl (C=O) groups excluding carboxylic acids is 2. The van der Waals surface area contributed by atoms with Crippen LogP contribution in [-0.2, 0) is 14.3 Å². The van der Waals surface area contributed by atoms with Gasteiger partial charge in [-0.05, 0) is 75.0 Å². The minimum Gasteiger partial charge on any atom is -0.511 e. The first-order valence-electron chi connectivity index (χ1n) is 15.2. The van der Waals surface area contributed by atoms with Gasteiger partial charge in [0.05, 0.1) is 41.3 Å². The van der Waals surface area contributed by atoms with Crippen molar-refractivity contribution in [3.05, 3.63) is 104 Å². The monoisotopic (exact) mass is 590 g/mol. The van der Waals surface area contributed by atoms with Crippen LogP contribution < -0.4 is 5.32 Å². The Morgan fingerprint density at radius 3 is 2.48 bits per heavy atom. The molecule has 8 bridgehead atoms. The van der Waals surface area contributed by atoms with Crippen LogP contribution in [0, 0.1) is 11.8 Å². The van der Waals surface area contributed by atoms with Crippen molar-refractivity contribution < 1.29 is 19.4 Å². The highest BCUT2D eigenvalue weighted by atomic mass is 16.5. The number of nitrogens with one attached hydrogen (secondary N) is 1. The van der Waals surface area contributed by atoms with Crippen molar-refractivity contribution >= 4 is 28.9 Å². The van der Waals surface area contributed by atoms with Crippen LogP contribution in [0.3, 0.4) is 0 Å². The Balaban J connectivity index is 1.66. The summed E-state index contributed by atoms with van der Waals surface area (Å²) in [6.07, 6.45) is 7.62. The van der Waals surface area contributed by atoms with Gasteiger partial charge in [0.15, 0.2) is 5.78 Å². The van der Waals surface area contributed by atoms with Gasteiger partial charge in [0, 0.05) is 58.4 Å². The number of ether oxygens (including phenoxy) is 1. The van der Waals surface area contributed by atoms with Crippen LogP contribution in [0.4, 0.5) is 0 Å². The van der Waals surface area contributed by atoms with Crippen LogP contribution in [0.25, 0.3) is 0 Å². The Kier molecular flexibility index (Phi) is 7.26. The number of ketones is 1. The Hall–Kier alpha value is -4.59. The lowest BCUT2D eigenvalue weighted by atomic mass is 9.84. The summed E-state index contributed by atoms with van der Waals surface area (Å²) in [5, 5.41) is 15.0. The first kappa shape index (κ1) is 29.5. The van der Waals surface area contributed by atoms with Crippen LogP contribution >= 0.6 is 0 Å². The standard InChI is InChI=1S/C36H38N4O4/c1-9-21-16(3)25-15-28-31(20(7)41)19(6)34(39-28)22(10-2)33-17(4)23(11-12-30(43)44-8)35(40-33)24-13-29(42)32-18(5)26(38-36(24)32)14-27(21)37-25/h10,14-15,17,23,40,42H,2,9,11-13H2,1,3-8H3/t17-,23-/m0/s1. The summed E-state index contributed by atoms with van der Waals surface area (Å²) >= 11 is 0. The molecule has 226 valence electrons. The van der Waals surface area contributed by atoms with Gasteiger partial charge in [-0.3, -0.25) is 9.59 Å². The number of nitrogens with zero attached hydrogens (tertiary/aromatic N) is 3. The van der Waals surface area contributed by atoms with Crippen molar-refractivity contribution in [1.82, 2.24) is 5.32 Å². The fraction of sp³-hybridized carbons (Fsp3) is 0.361. The third-order valence-electron chi connectivity index (χ3n) is 9.67. The van der Waals surface area contributed by atoms with Crippen LogP contribution in [0.1, 0.15) is 67.2 Å². The summed E-state index contributed by atoms with van der Waals surface area (Å²) in [6, 6.07) is 0. The second-order valence-electron chi connectivity index (χ2n) is 12.1. The molecule has 1 fully saturated rings. The van der Waals surface area contributed by atoms with E-state index in [9.17, 15) is 14.7 Å². The minimum atomic E-state index is -0.273. The van der Waals surface area contributed by atoms with Crippen LogP contribution in [0.15, 0.2) is 119 Å². The smallest absolute Gasteiger partial charge is 0.305 e. The number of aliphatic imine (C=N–C) groups is 3. The molecular weight excluding hydrogens is 552 g/mol. The van der Waals surface area contributed by atoms with E-state index in [0.29, 0.717) is 29.8 Å². The number of hydrogen-bond donors (Lipinski definition) is 2. The molecular formula is C36H38N4O4. The first-order valence-corrected chi connectivity index (χ1v) is 15.2. The number of allylic oxidation sites excluding steroid dienone is 13. The van der Waals surface area contributed by atoms with Crippen molar-refractivity contribution in [1.29, 1.82) is 0 Å². The van der Waals surface area contributed by atoms with Gasteiger partial charge in [-0.25, -0.2) is 15.0 Å². The molecule has 5 heterocycles. The minimum absolute atomic E-state index is 0.0448. The third-order valence-corrected chi connectivity index (χ3v) is 9.67. The van der Waals surface area contributed by atoms with Crippen molar-refractivity contribution in [3.8, 4) is 0 Å². The number of fused-ring (bicyclic) bond motifs is 5. The van der Waals surface area contributed by atoms with Crippen LogP contribution in [0.2, 0.25) is 0 Å². The molecule has 0 saturated carbocycles. The fourth-order valence-electron chi connectivity index (χ4n) is 7.33. The SMILES string of the molecule is C=CC1=C2NC(=C3CC(O)=C4C3=NC(=C4C)C=C3N=C(C=C4N=C1C(C)=C4C(C)=O)C(C)=C3CC)[C@@H](CCC(=O)OC)[C@@H]2C. The summed E-state index contributed by atoms with van der Waals surface area (Å²) in [5.74, 6) is -0.168. The molecule has 0 unspecified atom stereocenters. The molecule has 0 spiro atoms. The van der Waals surface area contributed by atoms with Crippen LogP contribution in [0.5, 0.6) is 0 Å². The summed E-state index contributed by atoms with van der Waals surface area (Å²) in [6.45, 7) is 15.9. The predicted octanol–water partition coefficient (Wildman–Crippen LogP) is 6.76. The number of esters is 1. The summed E-state index contributed by atoms with van der Waals surface area (Å²) in [7, 11) is 1.40. The maximum absolute atomic E-state index is 13.0. The largest absolute Gasteiger partial charge is 0.511 e. The zero-order valence-corrected chi connectivity index (χ0v) is 26.4. The zero-order valence-electron chi connectivity index (χ0n) is 26.4. The number of methoxy groups -OCH3 is 1. The van der Waals surface area contributed by atoms with Gasteiger partial charge in [-0.2, -0.15) is 0 Å². The normalized spacial score (nSPS) is 24.2. The Bertz CT molecular complexity index is 1830. The molecule has 0 aromatic carbocycles. The fourth-order valence-corrected chi connectivity index (χ4v) is 7.33. The highest BCUT2D eigenvalue weighted by molar-refractivity contribution is 6.24. The van der Waals surface area contributed by atoms with Gasteiger partial charge >= 0.3 is 5.97 Å². The molecule has 6 rings (SSSR count). The second kappa shape index (κ2) is 10.8. The summed E-state index contributed by atoms with van der Waals surface area (Å²) in [5.41, 5.74) is 13.1. The summed E-state index contributed by atoms with van der Waals surface area (Å²) < 4.78 is 4.99. The number of rotatable bonds is 6. The highest BCUT2D eigenvalue weighted by Gasteiger charge is 2.42. The van der Waals surface area contributed by atoms with Crippen molar-refractivity contribution in [2.24, 2.45) is 26.8 Å². The lowest BCUT2D eigenvalue weighted by Crippen LogP contribution is -2.16. The molecule has 2 N–H and O–H groups in total. The average Bonchev–Trinajstić information content (AvgIpc) is 3.74. The molecule has 0 aromatic heterocycles. The molecule has 0 radical (unpaired) electrons. The Morgan fingerprint density at radius 2 is 1.82 bits per heavy atom. The topological polar surface area (TPSA) is 113 Å². The molecule has 8 nitrogen and oxygen atoms in total. The Morgan fingerprint density at radius 1 is 1.07 bits per heavy atom. The van der Waals surface area contributed by atoms with E-state index in [2.05, 4.69) is 32.7 Å². The van der Waals surface area contributed by atoms with Gasteiger partial charge in [-0.1, -0.05) is 26.5 Å². The van der Waals surface area contributed by atoms with E-state index in [1.54, 1.807) is 13.0 Å². The summed E-state index contributed by atoms with van der Waals surface area (Å²) in [4.78, 5) is 40.5. The first-order chi connectivity index (χ1) is 21.0. The highest BCUT2D eigenvalue weighted by Crippen LogP contribution is 2.47. The number of aliphatic hydroxyl groups is 1. The van der Waals surface area contributed by atoms with Crippen molar-refractivity contribution in [2.45, 2.75) is 67.2 Å². The van der Waals surface area contributed by atoms with Crippen LogP contribution in [-0.4, -0.2) is 41.1 Å². The van der Waals surface area contributed by atoms with E-state index in [1.807, 2.05) is 26.0 Å². The molecule has 8 heteroatoms. The van der Waals surface area contributed by atoms with Gasteiger partial charge in [-0.15, -0.1) is 0 Å². The lowest BCUT2D eigenvalue weighted by molar-refractivity contribution is -0.140.